The standard InChI is InChI=1S/C12H13N3O2/c16-12(17)10-3-1-9(2-4-10)7-13-8-11-14-5-6-15-11/h1-6,13H,7-8H2,(H,14,15)(H,16,17). The molecule has 0 unspecified atom stereocenters. The van der Waals surface area contributed by atoms with Gasteiger partial charge in [0.2, 0.25) is 0 Å². The summed E-state index contributed by atoms with van der Waals surface area (Å²) in [5.74, 6) is -0.0211. The fraction of sp³-hybridized carbons (Fsp3) is 0.167. The van der Waals surface area contributed by atoms with Crippen LogP contribution in [0.1, 0.15) is 21.7 Å². The van der Waals surface area contributed by atoms with Gasteiger partial charge in [-0.1, -0.05) is 12.1 Å². The van der Waals surface area contributed by atoms with Crippen molar-refractivity contribution in [2.75, 3.05) is 0 Å². The van der Waals surface area contributed by atoms with Crippen LogP contribution < -0.4 is 5.32 Å². The Hall–Kier alpha value is -2.14. The molecule has 0 aliphatic rings. The maximum atomic E-state index is 10.7. The number of imidazole rings is 1. The molecule has 3 N–H and O–H groups in total. The van der Waals surface area contributed by atoms with Crippen molar-refractivity contribution in [3.63, 3.8) is 0 Å². The Kier molecular flexibility index (Phi) is 3.52. The molecule has 0 saturated heterocycles. The first-order valence-electron chi connectivity index (χ1n) is 5.27. The van der Waals surface area contributed by atoms with E-state index in [1.54, 1.807) is 36.7 Å². The Bertz CT molecular complexity index is 477. The van der Waals surface area contributed by atoms with Crippen molar-refractivity contribution in [2.24, 2.45) is 0 Å². The highest BCUT2D eigenvalue weighted by atomic mass is 16.4. The molecule has 2 rings (SSSR count). The van der Waals surface area contributed by atoms with Gasteiger partial charge in [0.05, 0.1) is 12.1 Å². The number of H-pyrrole nitrogens is 1. The topological polar surface area (TPSA) is 78.0 Å². The zero-order valence-corrected chi connectivity index (χ0v) is 9.18. The third-order valence-electron chi connectivity index (χ3n) is 2.38. The quantitative estimate of drug-likeness (QED) is 0.726. The Morgan fingerprint density at radius 3 is 2.65 bits per heavy atom. The van der Waals surface area contributed by atoms with Gasteiger partial charge < -0.3 is 15.4 Å². The van der Waals surface area contributed by atoms with Gasteiger partial charge in [0.1, 0.15) is 5.82 Å². The second-order valence-corrected chi connectivity index (χ2v) is 3.64. The third-order valence-corrected chi connectivity index (χ3v) is 2.38. The SMILES string of the molecule is O=C(O)c1ccc(CNCc2ncc[nH]2)cc1. The number of nitrogens with zero attached hydrogens (tertiary/aromatic N) is 1. The molecule has 0 fully saturated rings. The summed E-state index contributed by atoms with van der Waals surface area (Å²) in [6.45, 7) is 1.34. The minimum Gasteiger partial charge on any atom is -0.478 e. The van der Waals surface area contributed by atoms with E-state index in [9.17, 15) is 4.79 Å². The van der Waals surface area contributed by atoms with Crippen LogP contribution in [0.2, 0.25) is 0 Å². The van der Waals surface area contributed by atoms with Crippen molar-refractivity contribution in [1.82, 2.24) is 15.3 Å². The molecular weight excluding hydrogens is 218 g/mol. The lowest BCUT2D eigenvalue weighted by molar-refractivity contribution is 0.0697. The second kappa shape index (κ2) is 5.27. The number of hydrogen-bond donors (Lipinski definition) is 3. The summed E-state index contributed by atoms with van der Waals surface area (Å²) < 4.78 is 0. The first-order chi connectivity index (χ1) is 8.25. The lowest BCUT2D eigenvalue weighted by Crippen LogP contribution is -2.13. The molecule has 0 amide bonds. The van der Waals surface area contributed by atoms with Crippen LogP contribution >= 0.6 is 0 Å². The molecule has 5 heteroatoms. The van der Waals surface area contributed by atoms with Crippen LogP contribution in [-0.2, 0) is 13.1 Å². The van der Waals surface area contributed by atoms with Gasteiger partial charge in [0.15, 0.2) is 0 Å². The van der Waals surface area contributed by atoms with Gasteiger partial charge in [-0.3, -0.25) is 0 Å². The lowest BCUT2D eigenvalue weighted by Gasteiger charge is -2.03. The molecule has 1 aromatic carbocycles. The maximum Gasteiger partial charge on any atom is 0.335 e. The number of benzene rings is 1. The van der Waals surface area contributed by atoms with Gasteiger partial charge in [0.25, 0.3) is 0 Å². The number of aromatic amines is 1. The summed E-state index contributed by atoms with van der Waals surface area (Å²) in [6, 6.07) is 6.82. The summed E-state index contributed by atoms with van der Waals surface area (Å²) in [7, 11) is 0. The van der Waals surface area contributed by atoms with Crippen LogP contribution in [0.3, 0.4) is 0 Å². The molecular formula is C12H13N3O2. The van der Waals surface area contributed by atoms with Gasteiger partial charge in [-0.05, 0) is 17.7 Å². The summed E-state index contributed by atoms with van der Waals surface area (Å²) in [5.41, 5.74) is 1.35. The minimum absolute atomic E-state index is 0.305. The predicted molar refractivity (Wildman–Crippen MR) is 62.5 cm³/mol. The number of hydrogen-bond acceptors (Lipinski definition) is 3. The van der Waals surface area contributed by atoms with Gasteiger partial charge in [-0.25, -0.2) is 9.78 Å². The van der Waals surface area contributed by atoms with Gasteiger partial charge in [-0.2, -0.15) is 0 Å². The molecule has 1 aromatic heterocycles. The largest absolute Gasteiger partial charge is 0.478 e. The van der Waals surface area contributed by atoms with E-state index >= 15 is 0 Å². The number of carboxylic acids is 1. The fourth-order valence-electron chi connectivity index (χ4n) is 1.49. The van der Waals surface area contributed by atoms with Crippen LogP contribution in [-0.4, -0.2) is 21.0 Å². The van der Waals surface area contributed by atoms with Crippen LogP contribution in [0.25, 0.3) is 0 Å². The van der Waals surface area contributed by atoms with E-state index in [0.717, 1.165) is 11.4 Å². The van der Waals surface area contributed by atoms with E-state index in [-0.39, 0.29) is 0 Å². The molecule has 0 aliphatic heterocycles. The van der Waals surface area contributed by atoms with E-state index in [1.807, 2.05) is 0 Å². The number of nitrogens with one attached hydrogen (secondary N) is 2. The number of carboxylic acid groups (broad SMARTS) is 1. The Balaban J connectivity index is 1.85. The monoisotopic (exact) mass is 231 g/mol. The van der Waals surface area contributed by atoms with Crippen LogP contribution in [0, 0.1) is 0 Å². The molecule has 2 aromatic rings. The zero-order valence-electron chi connectivity index (χ0n) is 9.18. The van der Waals surface area contributed by atoms with Crippen molar-refractivity contribution < 1.29 is 9.90 Å². The number of aromatic carboxylic acids is 1. The third kappa shape index (κ3) is 3.15. The van der Waals surface area contributed by atoms with Gasteiger partial charge in [-0.15, -0.1) is 0 Å². The number of carbonyl (C=O) groups is 1. The molecule has 17 heavy (non-hydrogen) atoms. The maximum absolute atomic E-state index is 10.7. The molecule has 5 nitrogen and oxygen atoms in total. The normalized spacial score (nSPS) is 10.4. The predicted octanol–water partition coefficient (Wildman–Crippen LogP) is 1.40. The molecule has 0 atom stereocenters. The Labute approximate surface area is 98.5 Å². The van der Waals surface area contributed by atoms with E-state index in [4.69, 9.17) is 5.11 Å². The van der Waals surface area contributed by atoms with Crippen LogP contribution in [0.5, 0.6) is 0 Å². The molecule has 0 bridgehead atoms. The Morgan fingerprint density at radius 2 is 2.06 bits per heavy atom. The number of rotatable bonds is 5. The van der Waals surface area contributed by atoms with Gasteiger partial charge in [0, 0.05) is 18.9 Å². The van der Waals surface area contributed by atoms with Gasteiger partial charge >= 0.3 is 5.97 Å². The van der Waals surface area contributed by atoms with Crippen molar-refractivity contribution >= 4 is 5.97 Å². The van der Waals surface area contributed by atoms with E-state index in [2.05, 4.69) is 15.3 Å². The molecule has 0 saturated carbocycles. The van der Waals surface area contributed by atoms with E-state index in [1.165, 1.54) is 0 Å². The summed E-state index contributed by atoms with van der Waals surface area (Å²) in [5, 5.41) is 12.0. The van der Waals surface area contributed by atoms with Crippen molar-refractivity contribution in [2.45, 2.75) is 13.1 Å². The molecule has 0 spiro atoms. The summed E-state index contributed by atoms with van der Waals surface area (Å²) in [4.78, 5) is 17.7. The zero-order chi connectivity index (χ0) is 12.1. The van der Waals surface area contributed by atoms with Crippen LogP contribution in [0.4, 0.5) is 0 Å². The smallest absolute Gasteiger partial charge is 0.335 e. The molecule has 1 heterocycles. The molecule has 0 aliphatic carbocycles. The first kappa shape index (κ1) is 11.3. The van der Waals surface area contributed by atoms with E-state index < -0.39 is 5.97 Å². The minimum atomic E-state index is -0.903. The van der Waals surface area contributed by atoms with E-state index in [0.29, 0.717) is 18.7 Å². The summed E-state index contributed by atoms with van der Waals surface area (Å²) in [6.07, 6.45) is 3.48. The highest BCUT2D eigenvalue weighted by Crippen LogP contribution is 2.04. The number of aromatic nitrogens is 2. The summed E-state index contributed by atoms with van der Waals surface area (Å²) >= 11 is 0. The second-order valence-electron chi connectivity index (χ2n) is 3.64. The average molecular weight is 231 g/mol. The van der Waals surface area contributed by atoms with Crippen molar-refractivity contribution in [3.8, 4) is 0 Å². The van der Waals surface area contributed by atoms with Crippen molar-refractivity contribution in [1.29, 1.82) is 0 Å². The highest BCUT2D eigenvalue weighted by Gasteiger charge is 2.01. The lowest BCUT2D eigenvalue weighted by atomic mass is 10.1. The average Bonchev–Trinajstić information content (AvgIpc) is 2.83. The Morgan fingerprint density at radius 1 is 1.29 bits per heavy atom. The highest BCUT2D eigenvalue weighted by molar-refractivity contribution is 5.87. The first-order valence-corrected chi connectivity index (χ1v) is 5.27. The van der Waals surface area contributed by atoms with Crippen molar-refractivity contribution in [3.05, 3.63) is 53.6 Å². The van der Waals surface area contributed by atoms with Crippen LogP contribution in [0.15, 0.2) is 36.7 Å². The fourth-order valence-corrected chi connectivity index (χ4v) is 1.49. The molecule has 88 valence electrons. The molecule has 0 radical (unpaired) electrons.